The molecule has 0 saturated carbocycles. The summed E-state index contributed by atoms with van der Waals surface area (Å²) in [6.07, 6.45) is 5.34. The van der Waals surface area contributed by atoms with E-state index in [9.17, 15) is 4.79 Å². The molecule has 0 aliphatic rings. The molecule has 3 heteroatoms. The average molecular weight is 322 g/mol. The van der Waals surface area contributed by atoms with Gasteiger partial charge in [-0.1, -0.05) is 26.0 Å². The van der Waals surface area contributed by atoms with Crippen LogP contribution in [0.4, 0.5) is 0 Å². The van der Waals surface area contributed by atoms with Crippen LogP contribution < -0.4 is 0 Å². The van der Waals surface area contributed by atoms with Gasteiger partial charge in [-0.15, -0.1) is 0 Å². The number of Topliss-reactive ketones (excluding diaryl/α,β-unsaturated/α-hetero) is 1. The molecular formula is C12H19IO2. The van der Waals surface area contributed by atoms with Crippen molar-refractivity contribution in [3.8, 4) is 0 Å². The molecule has 0 heterocycles. The van der Waals surface area contributed by atoms with Gasteiger partial charge in [0.15, 0.2) is 5.78 Å². The quantitative estimate of drug-likeness (QED) is 0.420. The molecule has 2 nitrogen and oxygen atoms in total. The number of hydrogen-bond donors (Lipinski definition) is 0. The fourth-order valence-electron chi connectivity index (χ4n) is 1.41. The standard InChI is InChI=1S/C12H19IO2/c1-5-8-10(12(7-3)15-13)9(4)11(14)6-2/h5,8,12H,6-7H2,1-4H3/b8-5-,10-9-. The first-order valence-corrected chi connectivity index (χ1v) is 6.14. The molecule has 86 valence electrons. The highest BCUT2D eigenvalue weighted by atomic mass is 127. The van der Waals surface area contributed by atoms with E-state index < -0.39 is 0 Å². The third kappa shape index (κ3) is 4.47. The van der Waals surface area contributed by atoms with Gasteiger partial charge in [-0.2, -0.15) is 0 Å². The molecule has 1 unspecified atom stereocenters. The fraction of sp³-hybridized carbons (Fsp3) is 0.583. The summed E-state index contributed by atoms with van der Waals surface area (Å²) in [6.45, 7) is 7.75. The van der Waals surface area contributed by atoms with Crippen LogP contribution in [-0.2, 0) is 7.86 Å². The summed E-state index contributed by atoms with van der Waals surface area (Å²) < 4.78 is 5.34. The molecule has 0 aromatic heterocycles. The van der Waals surface area contributed by atoms with Crippen LogP contribution in [-0.4, -0.2) is 11.9 Å². The van der Waals surface area contributed by atoms with Gasteiger partial charge < -0.3 is 3.07 Å². The molecule has 0 rings (SSSR count). The van der Waals surface area contributed by atoms with Crippen LogP contribution in [0.3, 0.4) is 0 Å². The minimum absolute atomic E-state index is 0.0114. The molecule has 0 spiro atoms. The number of rotatable bonds is 6. The van der Waals surface area contributed by atoms with Crippen LogP contribution in [0, 0.1) is 0 Å². The second-order valence-corrected chi connectivity index (χ2v) is 3.85. The van der Waals surface area contributed by atoms with Crippen molar-refractivity contribution >= 4 is 28.8 Å². The summed E-state index contributed by atoms with van der Waals surface area (Å²) in [5.74, 6) is 0.190. The zero-order chi connectivity index (χ0) is 11.8. The first-order valence-electron chi connectivity index (χ1n) is 5.26. The van der Waals surface area contributed by atoms with Gasteiger partial charge in [0.2, 0.25) is 0 Å². The SMILES string of the molecule is C/C=C\C(=C(/C)C(=O)CC)C(CC)OI. The molecule has 0 amide bonds. The van der Waals surface area contributed by atoms with Crippen molar-refractivity contribution in [2.45, 2.75) is 46.6 Å². The molecular weight excluding hydrogens is 303 g/mol. The van der Waals surface area contributed by atoms with Crippen LogP contribution in [0.15, 0.2) is 23.3 Å². The lowest BCUT2D eigenvalue weighted by atomic mass is 9.97. The van der Waals surface area contributed by atoms with E-state index in [1.165, 1.54) is 0 Å². The Hall–Kier alpha value is -0.160. The van der Waals surface area contributed by atoms with E-state index in [1.54, 1.807) is 0 Å². The van der Waals surface area contributed by atoms with E-state index >= 15 is 0 Å². The van der Waals surface area contributed by atoms with E-state index in [1.807, 2.05) is 55.9 Å². The molecule has 0 saturated heterocycles. The van der Waals surface area contributed by atoms with Gasteiger partial charge in [-0.05, 0) is 31.4 Å². The van der Waals surface area contributed by atoms with Crippen molar-refractivity contribution < 1.29 is 7.86 Å². The zero-order valence-corrected chi connectivity index (χ0v) is 12.0. The Morgan fingerprint density at radius 3 is 2.40 bits per heavy atom. The second kappa shape index (κ2) is 8.05. The monoisotopic (exact) mass is 322 g/mol. The molecule has 0 N–H and O–H groups in total. The van der Waals surface area contributed by atoms with Crippen LogP contribution >= 0.6 is 23.0 Å². The van der Waals surface area contributed by atoms with Crippen molar-refractivity contribution in [2.75, 3.05) is 0 Å². The van der Waals surface area contributed by atoms with E-state index in [-0.39, 0.29) is 11.9 Å². The molecule has 15 heavy (non-hydrogen) atoms. The predicted molar refractivity (Wildman–Crippen MR) is 72.0 cm³/mol. The van der Waals surface area contributed by atoms with Gasteiger partial charge in [-0.25, -0.2) is 0 Å². The van der Waals surface area contributed by atoms with Crippen molar-refractivity contribution in [2.24, 2.45) is 0 Å². The Morgan fingerprint density at radius 2 is 2.07 bits per heavy atom. The van der Waals surface area contributed by atoms with Crippen LogP contribution in [0.1, 0.15) is 40.5 Å². The Bertz CT molecular complexity index is 263. The largest absolute Gasteiger partial charge is 0.308 e. The Morgan fingerprint density at radius 1 is 1.47 bits per heavy atom. The molecule has 0 bridgehead atoms. The summed E-state index contributed by atoms with van der Waals surface area (Å²) in [5, 5.41) is 0. The molecule has 0 aliphatic carbocycles. The summed E-state index contributed by atoms with van der Waals surface area (Å²) >= 11 is 1.89. The summed E-state index contributed by atoms with van der Waals surface area (Å²) in [5.41, 5.74) is 1.82. The number of carbonyl (C=O) groups excluding carboxylic acids is 1. The summed E-state index contributed by atoms with van der Waals surface area (Å²) in [4.78, 5) is 11.6. The van der Waals surface area contributed by atoms with E-state index in [0.29, 0.717) is 6.42 Å². The van der Waals surface area contributed by atoms with Gasteiger partial charge in [0.05, 0.1) is 6.10 Å². The van der Waals surface area contributed by atoms with Gasteiger partial charge in [0, 0.05) is 6.42 Å². The van der Waals surface area contributed by atoms with Crippen molar-refractivity contribution in [1.82, 2.24) is 0 Å². The summed E-state index contributed by atoms with van der Waals surface area (Å²) in [6, 6.07) is 0. The first kappa shape index (κ1) is 14.8. The number of halogens is 1. The van der Waals surface area contributed by atoms with E-state index in [0.717, 1.165) is 17.6 Å². The highest BCUT2D eigenvalue weighted by Gasteiger charge is 2.15. The Labute approximate surface area is 106 Å². The fourth-order valence-corrected chi connectivity index (χ4v) is 2.04. The maximum atomic E-state index is 11.6. The number of allylic oxidation sites excluding steroid dienone is 2. The van der Waals surface area contributed by atoms with Gasteiger partial charge in [0.25, 0.3) is 0 Å². The summed E-state index contributed by atoms with van der Waals surface area (Å²) in [7, 11) is 0. The average Bonchev–Trinajstić information content (AvgIpc) is 2.27. The maximum absolute atomic E-state index is 11.6. The molecule has 0 aliphatic heterocycles. The normalized spacial score (nSPS) is 15.3. The third-order valence-electron chi connectivity index (χ3n) is 2.34. The Kier molecular flexibility index (Phi) is 7.96. The highest BCUT2D eigenvalue weighted by molar-refractivity contribution is 14.1. The van der Waals surface area contributed by atoms with E-state index in [2.05, 4.69) is 6.92 Å². The number of ketones is 1. The third-order valence-corrected chi connectivity index (χ3v) is 2.96. The zero-order valence-electron chi connectivity index (χ0n) is 9.84. The van der Waals surface area contributed by atoms with Crippen molar-refractivity contribution in [3.05, 3.63) is 23.3 Å². The van der Waals surface area contributed by atoms with E-state index in [4.69, 9.17) is 3.07 Å². The van der Waals surface area contributed by atoms with Gasteiger partial charge >= 0.3 is 0 Å². The van der Waals surface area contributed by atoms with Gasteiger partial charge in [0.1, 0.15) is 23.0 Å². The Balaban J connectivity index is 5.16. The minimum Gasteiger partial charge on any atom is -0.308 e. The van der Waals surface area contributed by atoms with Crippen molar-refractivity contribution in [3.63, 3.8) is 0 Å². The van der Waals surface area contributed by atoms with Crippen LogP contribution in [0.2, 0.25) is 0 Å². The lowest BCUT2D eigenvalue weighted by Gasteiger charge is -2.15. The molecule has 0 fully saturated rings. The molecule has 0 aromatic rings. The molecule has 0 radical (unpaired) electrons. The topological polar surface area (TPSA) is 26.3 Å². The molecule has 0 aromatic carbocycles. The lowest BCUT2D eigenvalue weighted by Crippen LogP contribution is -2.13. The first-order chi connectivity index (χ1) is 7.12. The second-order valence-electron chi connectivity index (χ2n) is 3.34. The molecule has 1 atom stereocenters. The van der Waals surface area contributed by atoms with Gasteiger partial charge in [-0.3, -0.25) is 4.79 Å². The smallest absolute Gasteiger partial charge is 0.158 e. The van der Waals surface area contributed by atoms with Crippen LogP contribution in [0.25, 0.3) is 0 Å². The number of carbonyl (C=O) groups is 1. The van der Waals surface area contributed by atoms with Crippen molar-refractivity contribution in [1.29, 1.82) is 0 Å². The predicted octanol–water partition coefficient (Wildman–Crippen LogP) is 4.00. The highest BCUT2D eigenvalue weighted by Crippen LogP contribution is 2.20. The maximum Gasteiger partial charge on any atom is 0.158 e. The number of hydrogen-bond acceptors (Lipinski definition) is 2. The van der Waals surface area contributed by atoms with Crippen LogP contribution in [0.5, 0.6) is 0 Å². The minimum atomic E-state index is 0.0114. The lowest BCUT2D eigenvalue weighted by molar-refractivity contribution is -0.115.